The zero-order valence-electron chi connectivity index (χ0n) is 24.8. The van der Waals surface area contributed by atoms with Crippen LogP contribution in [0.2, 0.25) is 0 Å². The van der Waals surface area contributed by atoms with Gasteiger partial charge in [0.2, 0.25) is 0 Å². The summed E-state index contributed by atoms with van der Waals surface area (Å²) in [6, 6.07) is 8.29. The molecule has 1 unspecified atom stereocenters. The number of esters is 1. The first-order valence-electron chi connectivity index (χ1n) is 14.9. The van der Waals surface area contributed by atoms with Gasteiger partial charge in [0.25, 0.3) is 0 Å². The van der Waals surface area contributed by atoms with E-state index < -0.39 is 82.4 Å². The smallest absolute Gasteiger partial charge is 0.338 e. The van der Waals surface area contributed by atoms with Crippen LogP contribution in [0.1, 0.15) is 23.2 Å². The SMILES string of the molecule is COC[C@]12CN(C)[C@@H]3[C@@H]4[C@H](OC)[C@H]1[C@@]3([C@@H](OC)CC2O)[C@@H]1C[C@]2(O)[C@H](OC(=O)c3ccccc3)[C@@H]1[C@]4(OC)[C@@H](O)[C@@H]2O. The van der Waals surface area contributed by atoms with Crippen LogP contribution < -0.4 is 0 Å². The summed E-state index contributed by atoms with van der Waals surface area (Å²) in [5.41, 5.74) is -4.50. The number of hydrogen-bond donors (Lipinski definition) is 4. The number of hydrogen-bond acceptors (Lipinski definition) is 11. The van der Waals surface area contributed by atoms with Crippen LogP contribution in [0.15, 0.2) is 30.3 Å². The van der Waals surface area contributed by atoms with E-state index in [1.807, 2.05) is 7.05 Å². The molecule has 7 bridgehead atoms. The lowest BCUT2D eigenvalue weighted by Gasteiger charge is -2.70. The molecule has 4 N–H and O–H groups in total. The van der Waals surface area contributed by atoms with Gasteiger partial charge in [-0.25, -0.2) is 4.79 Å². The molecule has 5 aliphatic carbocycles. The highest BCUT2D eigenvalue weighted by molar-refractivity contribution is 5.89. The molecular formula is C31H43NO10. The molecule has 6 aliphatic rings. The number of benzene rings is 1. The number of piperidine rings is 1. The fraction of sp³-hybridized carbons (Fsp3) is 0.774. The Morgan fingerprint density at radius 3 is 2.36 bits per heavy atom. The highest BCUT2D eigenvalue weighted by Gasteiger charge is 2.91. The van der Waals surface area contributed by atoms with Crippen LogP contribution in [0, 0.1) is 34.5 Å². The van der Waals surface area contributed by atoms with E-state index in [9.17, 15) is 25.2 Å². The lowest BCUT2D eigenvalue weighted by atomic mass is 9.42. The number of carbonyl (C=O) groups excluding carboxylic acids is 1. The van der Waals surface area contributed by atoms with Crippen molar-refractivity contribution in [2.75, 3.05) is 48.6 Å². The molecule has 11 nitrogen and oxygen atoms in total. The van der Waals surface area contributed by atoms with Crippen molar-refractivity contribution in [2.24, 2.45) is 34.5 Å². The van der Waals surface area contributed by atoms with Crippen molar-refractivity contribution in [2.45, 2.75) is 66.7 Å². The highest BCUT2D eigenvalue weighted by Crippen LogP contribution is 2.80. The number of rotatable bonds is 7. The molecule has 1 aromatic carbocycles. The summed E-state index contributed by atoms with van der Waals surface area (Å²) in [7, 11) is 8.43. The van der Waals surface area contributed by atoms with E-state index in [1.54, 1.807) is 51.7 Å². The topological polar surface area (TPSA) is 147 Å². The zero-order chi connectivity index (χ0) is 30.0. The van der Waals surface area contributed by atoms with Gasteiger partial charge in [-0.2, -0.15) is 0 Å². The largest absolute Gasteiger partial charge is 0.455 e. The highest BCUT2D eigenvalue weighted by atomic mass is 16.6. The number of likely N-dealkylation sites (tertiary alicyclic amines) is 1. The van der Waals surface area contributed by atoms with Gasteiger partial charge < -0.3 is 49.0 Å². The number of ether oxygens (including phenoxy) is 5. The van der Waals surface area contributed by atoms with Crippen molar-refractivity contribution in [3.8, 4) is 0 Å². The van der Waals surface area contributed by atoms with E-state index in [4.69, 9.17) is 23.7 Å². The second-order valence-electron chi connectivity index (χ2n) is 13.7. The Morgan fingerprint density at radius 1 is 1.02 bits per heavy atom. The molecule has 1 heterocycles. The average molecular weight is 590 g/mol. The number of aliphatic hydroxyl groups is 4. The number of aliphatic hydroxyl groups excluding tert-OH is 3. The third kappa shape index (κ3) is 3.00. The molecule has 232 valence electrons. The van der Waals surface area contributed by atoms with Crippen molar-refractivity contribution in [3.05, 3.63) is 35.9 Å². The van der Waals surface area contributed by atoms with E-state index >= 15 is 0 Å². The Morgan fingerprint density at radius 2 is 1.74 bits per heavy atom. The number of methoxy groups -OCH3 is 4. The van der Waals surface area contributed by atoms with Crippen molar-refractivity contribution >= 4 is 5.97 Å². The Kier molecular flexibility index (Phi) is 6.52. The zero-order valence-corrected chi connectivity index (χ0v) is 24.8. The maximum atomic E-state index is 13.5. The number of carbonyl (C=O) groups is 1. The molecule has 0 aromatic heterocycles. The normalized spacial score (nSPS) is 53.7. The molecule has 0 radical (unpaired) electrons. The summed E-state index contributed by atoms with van der Waals surface area (Å²) < 4.78 is 31.1. The second kappa shape index (κ2) is 9.42. The van der Waals surface area contributed by atoms with Gasteiger partial charge in [-0.1, -0.05) is 18.2 Å². The average Bonchev–Trinajstić information content (AvgIpc) is 3.38. The predicted molar refractivity (Wildman–Crippen MR) is 146 cm³/mol. The number of fused-ring (bicyclic) bond motifs is 2. The first-order valence-corrected chi connectivity index (χ1v) is 14.9. The van der Waals surface area contributed by atoms with Gasteiger partial charge in [-0.3, -0.25) is 0 Å². The first kappa shape index (κ1) is 29.1. The van der Waals surface area contributed by atoms with E-state index in [1.165, 1.54) is 7.11 Å². The summed E-state index contributed by atoms with van der Waals surface area (Å²) >= 11 is 0. The maximum absolute atomic E-state index is 13.5. The predicted octanol–water partition coefficient (Wildman–Crippen LogP) is -0.313. The Labute approximate surface area is 245 Å². The van der Waals surface area contributed by atoms with Crippen molar-refractivity contribution < 1.29 is 48.9 Å². The van der Waals surface area contributed by atoms with Crippen LogP contribution in [-0.2, 0) is 23.7 Å². The molecule has 7 rings (SSSR count). The van der Waals surface area contributed by atoms with Gasteiger partial charge in [0.05, 0.1) is 30.5 Å². The molecule has 5 saturated carbocycles. The lowest BCUT2D eigenvalue weighted by molar-refractivity contribution is -0.322. The van der Waals surface area contributed by atoms with E-state index in [0.29, 0.717) is 18.5 Å². The molecule has 6 fully saturated rings. The molecule has 1 spiro atoms. The molecule has 11 heteroatoms. The molecular weight excluding hydrogens is 546 g/mol. The van der Waals surface area contributed by atoms with Crippen LogP contribution in [0.5, 0.6) is 0 Å². The fourth-order valence-electron chi connectivity index (χ4n) is 11.8. The van der Waals surface area contributed by atoms with Gasteiger partial charge in [-0.15, -0.1) is 0 Å². The third-order valence-electron chi connectivity index (χ3n) is 12.7. The van der Waals surface area contributed by atoms with Gasteiger partial charge >= 0.3 is 5.97 Å². The molecule has 1 aliphatic heterocycles. The van der Waals surface area contributed by atoms with Gasteiger partial charge in [0, 0.05) is 76.0 Å². The van der Waals surface area contributed by atoms with Crippen molar-refractivity contribution in [3.63, 3.8) is 0 Å². The minimum Gasteiger partial charge on any atom is -0.455 e. The van der Waals surface area contributed by atoms with Gasteiger partial charge in [0.15, 0.2) is 0 Å². The third-order valence-corrected chi connectivity index (χ3v) is 12.7. The summed E-state index contributed by atoms with van der Waals surface area (Å²) in [5, 5.41) is 47.9. The summed E-state index contributed by atoms with van der Waals surface area (Å²) in [6.45, 7) is 0.804. The molecule has 0 amide bonds. The minimum atomic E-state index is -1.94. The Hall–Kier alpha value is -1.67. The molecule has 42 heavy (non-hydrogen) atoms. The minimum absolute atomic E-state index is 0.0523. The second-order valence-corrected chi connectivity index (χ2v) is 13.7. The molecule has 1 aromatic rings. The monoisotopic (exact) mass is 589 g/mol. The van der Waals surface area contributed by atoms with Gasteiger partial charge in [-0.05, 0) is 31.5 Å². The van der Waals surface area contributed by atoms with Crippen LogP contribution in [0.3, 0.4) is 0 Å². The molecule has 15 atom stereocenters. The Balaban J connectivity index is 1.48. The standard InChI is InChI=1S/C31H43NO10/c1-32-13-28(14-38-2)17(33)11-18(39-3)30-16-12-29(37)24(34)25(35)31(41-5,20(23(30)32)21(40-4)22(28)30)19(16)26(29)42-27(36)15-9-7-6-8-10-15/h6-10,16-26,33-35,37H,11-14H2,1-5H3/t16-,17?,18+,19-,20+,21+,22-,23-,24+,25+,26-,28+,29-,30+,31-/m1/s1. The lowest BCUT2D eigenvalue weighted by Crippen LogP contribution is -2.81. The quantitative estimate of drug-likeness (QED) is 0.311. The summed E-state index contributed by atoms with van der Waals surface area (Å²) in [4.78, 5) is 15.7. The molecule has 1 saturated heterocycles. The van der Waals surface area contributed by atoms with Crippen LogP contribution in [0.25, 0.3) is 0 Å². The van der Waals surface area contributed by atoms with Crippen LogP contribution in [-0.4, -0.2) is 134 Å². The first-order chi connectivity index (χ1) is 20.1. The van der Waals surface area contributed by atoms with Crippen LogP contribution in [0.4, 0.5) is 0 Å². The van der Waals surface area contributed by atoms with Crippen LogP contribution >= 0.6 is 0 Å². The van der Waals surface area contributed by atoms with Crippen molar-refractivity contribution in [1.29, 1.82) is 0 Å². The maximum Gasteiger partial charge on any atom is 0.338 e. The van der Waals surface area contributed by atoms with Crippen molar-refractivity contribution in [1.82, 2.24) is 4.90 Å². The van der Waals surface area contributed by atoms with E-state index in [2.05, 4.69) is 4.90 Å². The number of nitrogens with zero attached hydrogens (tertiary/aromatic N) is 1. The summed E-state index contributed by atoms with van der Waals surface area (Å²) in [6.07, 6.45) is -5.64. The van der Waals surface area contributed by atoms with E-state index in [-0.39, 0.29) is 25.0 Å². The summed E-state index contributed by atoms with van der Waals surface area (Å²) in [5.74, 6) is -2.56. The van der Waals surface area contributed by atoms with Gasteiger partial charge in [0.1, 0.15) is 29.5 Å². The fourth-order valence-corrected chi connectivity index (χ4v) is 11.8. The van der Waals surface area contributed by atoms with E-state index in [0.717, 1.165) is 0 Å². The Bertz CT molecular complexity index is 1240.